The number of phenolic OH excluding ortho intramolecular Hbond substituents is 1. The van der Waals surface area contributed by atoms with E-state index in [1.807, 2.05) is 13.8 Å². The molecule has 1 aliphatic heterocycles. The first kappa shape index (κ1) is 32.1. The fourth-order valence-corrected chi connectivity index (χ4v) is 7.87. The van der Waals surface area contributed by atoms with Gasteiger partial charge >= 0.3 is 0 Å². The summed E-state index contributed by atoms with van der Waals surface area (Å²) in [5.74, 6) is -8.85. The molecule has 0 aromatic heterocycles. The Balaban J connectivity index is 1.59. The highest BCUT2D eigenvalue weighted by Crippen LogP contribution is 2.57. The molecule has 12 heteroatoms. The quantitative estimate of drug-likeness (QED) is 0.239. The Hall–Kier alpha value is -3.29. The third-order valence-corrected chi connectivity index (χ3v) is 10.2. The molecule has 7 N–H and O–H groups in total. The number of ether oxygens (including phenoxy) is 1. The van der Waals surface area contributed by atoms with Gasteiger partial charge in [0.1, 0.15) is 22.8 Å². The molecule has 4 aliphatic rings. The summed E-state index contributed by atoms with van der Waals surface area (Å²) in [7, 11) is 2.96. The SMILES string of the molecule is C[C@H]1c2ccc(C(C)(C)CCCN3CCOCC3)c(O)c2C(O)=C2C(=O)[C@]3(O)C(O)=C(C(N)=O)C(=O)[C@@H](N(C)C)[C@@H]3[C@@H](O)[C@@H]21. The first-order valence-corrected chi connectivity index (χ1v) is 15.1. The van der Waals surface area contributed by atoms with Gasteiger partial charge in [-0.15, -0.1) is 0 Å². The molecule has 6 atom stereocenters. The molecule has 2 fully saturated rings. The normalized spacial score (nSPS) is 31.2. The second-order valence-corrected chi connectivity index (χ2v) is 13.4. The lowest BCUT2D eigenvalue weighted by molar-refractivity contribution is -0.169. The number of morpholine rings is 1. The van der Waals surface area contributed by atoms with Crippen LogP contribution in [0.25, 0.3) is 5.76 Å². The Morgan fingerprint density at radius 1 is 1.16 bits per heavy atom. The highest BCUT2D eigenvalue weighted by Gasteiger charge is 2.68. The first-order valence-electron chi connectivity index (χ1n) is 15.1. The number of Topliss-reactive ketones (excluding diaryl/α,β-unsaturated/α-hetero) is 2. The number of phenols is 1. The van der Waals surface area contributed by atoms with E-state index in [0.29, 0.717) is 24.3 Å². The molecule has 240 valence electrons. The van der Waals surface area contributed by atoms with E-state index < -0.39 is 81.1 Å². The zero-order valence-corrected chi connectivity index (χ0v) is 25.8. The zero-order chi connectivity index (χ0) is 32.5. The third kappa shape index (κ3) is 4.66. The number of amides is 1. The van der Waals surface area contributed by atoms with Crippen LogP contribution in [0.3, 0.4) is 0 Å². The van der Waals surface area contributed by atoms with Crippen molar-refractivity contribution in [2.24, 2.45) is 17.6 Å². The monoisotopic (exact) mass is 613 g/mol. The van der Waals surface area contributed by atoms with Gasteiger partial charge < -0.3 is 36.0 Å². The molecule has 1 aromatic carbocycles. The van der Waals surface area contributed by atoms with E-state index in [9.17, 15) is 39.9 Å². The number of rotatable bonds is 7. The average Bonchev–Trinajstić information content (AvgIpc) is 2.95. The maximum atomic E-state index is 14.2. The Morgan fingerprint density at radius 2 is 1.80 bits per heavy atom. The maximum Gasteiger partial charge on any atom is 0.255 e. The summed E-state index contributed by atoms with van der Waals surface area (Å²) in [6.07, 6.45) is -0.0440. The summed E-state index contributed by atoms with van der Waals surface area (Å²) in [6, 6.07) is 2.18. The molecule has 1 aromatic rings. The van der Waals surface area contributed by atoms with Crippen molar-refractivity contribution in [3.63, 3.8) is 0 Å². The van der Waals surface area contributed by atoms with Crippen molar-refractivity contribution in [2.45, 2.75) is 62.7 Å². The van der Waals surface area contributed by atoms with Crippen LogP contribution >= 0.6 is 0 Å². The number of aliphatic hydroxyl groups is 4. The van der Waals surface area contributed by atoms with Crippen molar-refractivity contribution in [3.05, 3.63) is 45.7 Å². The minimum absolute atomic E-state index is 0.0137. The van der Waals surface area contributed by atoms with Crippen molar-refractivity contribution in [2.75, 3.05) is 46.9 Å². The molecule has 1 amide bonds. The van der Waals surface area contributed by atoms with Gasteiger partial charge in [-0.1, -0.05) is 32.9 Å². The van der Waals surface area contributed by atoms with Crippen LogP contribution in [0.5, 0.6) is 5.75 Å². The van der Waals surface area contributed by atoms with Crippen LogP contribution < -0.4 is 5.73 Å². The van der Waals surface area contributed by atoms with Crippen molar-refractivity contribution < 1.29 is 44.7 Å². The zero-order valence-electron chi connectivity index (χ0n) is 25.8. The minimum Gasteiger partial charge on any atom is -0.508 e. The number of nitrogens with two attached hydrogens (primary N) is 1. The van der Waals surface area contributed by atoms with Crippen molar-refractivity contribution in [1.82, 2.24) is 9.80 Å². The predicted molar refractivity (Wildman–Crippen MR) is 160 cm³/mol. The average molecular weight is 614 g/mol. The number of ketones is 2. The number of carbonyl (C=O) groups excluding carboxylic acids is 3. The van der Waals surface area contributed by atoms with E-state index in [2.05, 4.69) is 4.90 Å². The van der Waals surface area contributed by atoms with Crippen LogP contribution in [0.2, 0.25) is 0 Å². The Morgan fingerprint density at radius 3 is 2.39 bits per heavy atom. The summed E-state index contributed by atoms with van der Waals surface area (Å²) in [5.41, 5.74) is 1.67. The number of likely N-dealkylation sites (N-methyl/N-ethyl adjacent to an activating group) is 1. The van der Waals surface area contributed by atoms with Crippen LogP contribution in [-0.2, 0) is 24.5 Å². The number of primary amides is 1. The van der Waals surface area contributed by atoms with Crippen LogP contribution in [-0.4, -0.2) is 117 Å². The second-order valence-electron chi connectivity index (χ2n) is 13.4. The van der Waals surface area contributed by atoms with E-state index in [4.69, 9.17) is 10.5 Å². The van der Waals surface area contributed by atoms with Gasteiger partial charge in [-0.3, -0.25) is 24.2 Å². The Kier molecular flexibility index (Phi) is 8.21. The summed E-state index contributed by atoms with van der Waals surface area (Å²) in [6.45, 7) is 9.72. The smallest absolute Gasteiger partial charge is 0.255 e. The van der Waals surface area contributed by atoms with E-state index in [1.165, 1.54) is 19.0 Å². The first-order chi connectivity index (χ1) is 20.6. The summed E-state index contributed by atoms with van der Waals surface area (Å²) in [5, 5.41) is 58.0. The number of hydrogen-bond acceptors (Lipinski definition) is 11. The highest BCUT2D eigenvalue weighted by atomic mass is 16.5. The standard InChI is InChI=1S/C32H43N3O9/c1-15-16-7-8-17(31(2,3)9-6-10-35-11-13-44-14-12-35)24(36)19(16)25(37)20-18(15)26(38)22-23(34(4)5)27(39)21(30(33)42)29(41)32(22,43)28(20)40/h7-8,15,18,22-23,26,36-38,41,43H,6,9-14H2,1-5H3,(H2,33,42)/t15-,18+,22+,23-,26-,32-/m0/s1. The predicted octanol–water partition coefficient (Wildman–Crippen LogP) is 0.886. The lowest BCUT2D eigenvalue weighted by Crippen LogP contribution is -2.70. The molecule has 5 rings (SSSR count). The molecule has 1 heterocycles. The molecule has 0 spiro atoms. The number of fused-ring (bicyclic) bond motifs is 3. The highest BCUT2D eigenvalue weighted by molar-refractivity contribution is 6.24. The van der Waals surface area contributed by atoms with Crippen molar-refractivity contribution in [3.8, 4) is 5.75 Å². The van der Waals surface area contributed by atoms with Crippen LogP contribution in [0.1, 0.15) is 56.2 Å². The summed E-state index contributed by atoms with van der Waals surface area (Å²) >= 11 is 0. The van der Waals surface area contributed by atoms with Gasteiger partial charge in [0.15, 0.2) is 11.4 Å². The lowest BCUT2D eigenvalue weighted by atomic mass is 9.54. The van der Waals surface area contributed by atoms with Crippen LogP contribution in [0.15, 0.2) is 29.0 Å². The third-order valence-electron chi connectivity index (χ3n) is 10.2. The molecule has 44 heavy (non-hydrogen) atoms. The number of carbonyl (C=O) groups is 3. The summed E-state index contributed by atoms with van der Waals surface area (Å²) in [4.78, 5) is 43.4. The molecule has 3 aliphatic carbocycles. The minimum atomic E-state index is -2.93. The molecule has 1 saturated carbocycles. The second kappa shape index (κ2) is 11.3. The van der Waals surface area contributed by atoms with Gasteiger partial charge in [0.2, 0.25) is 5.78 Å². The Bertz CT molecular complexity index is 1460. The van der Waals surface area contributed by atoms with Gasteiger partial charge in [-0.2, -0.15) is 0 Å². The van der Waals surface area contributed by atoms with E-state index in [1.54, 1.807) is 19.1 Å². The molecule has 12 nitrogen and oxygen atoms in total. The van der Waals surface area contributed by atoms with E-state index in [0.717, 1.165) is 32.5 Å². The van der Waals surface area contributed by atoms with Gasteiger partial charge in [-0.05, 0) is 50.4 Å². The Labute approximate surface area is 256 Å². The molecule has 1 saturated heterocycles. The number of aliphatic hydroxyl groups excluding tert-OH is 3. The van der Waals surface area contributed by atoms with Crippen molar-refractivity contribution >= 4 is 23.2 Å². The molecule has 0 bridgehead atoms. The number of hydrogen-bond donors (Lipinski definition) is 6. The van der Waals surface area contributed by atoms with Crippen LogP contribution in [0, 0.1) is 11.8 Å². The van der Waals surface area contributed by atoms with Gasteiger partial charge in [0.25, 0.3) is 5.91 Å². The number of aromatic hydroxyl groups is 1. The van der Waals surface area contributed by atoms with Crippen LogP contribution in [0.4, 0.5) is 0 Å². The molecule has 0 unspecified atom stereocenters. The van der Waals surface area contributed by atoms with E-state index in [-0.39, 0.29) is 11.3 Å². The van der Waals surface area contributed by atoms with Gasteiger partial charge in [0, 0.05) is 30.1 Å². The van der Waals surface area contributed by atoms with E-state index >= 15 is 0 Å². The van der Waals surface area contributed by atoms with Gasteiger partial charge in [-0.25, -0.2) is 0 Å². The lowest BCUT2D eigenvalue weighted by Gasteiger charge is -2.53. The number of nitrogens with zero attached hydrogens (tertiary/aromatic N) is 2. The topological polar surface area (TPSA) is 194 Å². The summed E-state index contributed by atoms with van der Waals surface area (Å²) < 4.78 is 5.42. The molecular formula is C32H43N3O9. The van der Waals surface area contributed by atoms with Gasteiger partial charge in [0.05, 0.1) is 36.8 Å². The molecular weight excluding hydrogens is 570 g/mol. The number of benzene rings is 1. The maximum absolute atomic E-state index is 14.2. The van der Waals surface area contributed by atoms with Crippen molar-refractivity contribution in [1.29, 1.82) is 0 Å². The molecule has 0 radical (unpaired) electrons. The fraction of sp³-hybridized carbons (Fsp3) is 0.594. The largest absolute Gasteiger partial charge is 0.508 e. The fourth-order valence-electron chi connectivity index (χ4n) is 7.87.